The number of alkyl carbamates (subject to hydrolysis) is 1. The second kappa shape index (κ2) is 18.5. The molecule has 5 atom stereocenters. The molecule has 1 aromatic carbocycles. The number of rotatable bonds is 10. The van der Waals surface area contributed by atoms with Crippen LogP contribution in [0.15, 0.2) is 46.7 Å². The van der Waals surface area contributed by atoms with Crippen LogP contribution in [0.25, 0.3) is 22.3 Å². The van der Waals surface area contributed by atoms with E-state index in [1.54, 1.807) is 6.07 Å². The maximum absolute atomic E-state index is 14.6. The standard InChI is InChI=1S/C44H54N6O8S2/c1-59-36-19-11-17-30-35(22-32(45-38(30)36)33-25-60-42(46-33)48-37(51)20-26-12-7-8-13-26)57-29-21-34-39(52)49-44(41(54)55)23-27(44)14-5-3-2-4-6-18-31(40(53)50(34)24-29)47-43(56)58-28-15-9-10-16-28/h5,11,14,17,19,22,25-29,31,34H,2-4,6-10,12-13,15-16,18,20-21,23-24H2,1H3,(H,47,56)(H,49,52)(H,54,55)(H,46,48,51)/b14-5-/t27-,29+,31+,34-,44+/m0/s1. The molecule has 0 radical (unpaired) electrons. The van der Waals surface area contributed by atoms with Crippen molar-refractivity contribution in [2.24, 2.45) is 11.8 Å². The SMILES string of the molecule is CSc1cccc2c(O[C@@H]3C[C@H]4C(=O)N[C@]5(C(=O)O)C[C@@H]5/C=C\CCCCC[C@@H](NC(=O)OC5CCCC5)C(=O)N4C3)cc(-c3csc(NC(=O)CC4CCCC4)n3)nc12. The number of ether oxygens (including phenoxy) is 2. The summed E-state index contributed by atoms with van der Waals surface area (Å²) in [6, 6.07) is 5.59. The predicted molar refractivity (Wildman–Crippen MR) is 229 cm³/mol. The summed E-state index contributed by atoms with van der Waals surface area (Å²) in [6.45, 7) is 0.0193. The third kappa shape index (κ3) is 9.44. The smallest absolute Gasteiger partial charge is 0.408 e. The summed E-state index contributed by atoms with van der Waals surface area (Å²) in [4.78, 5) is 79.7. The fourth-order valence-electron chi connectivity index (χ4n) is 9.34. The summed E-state index contributed by atoms with van der Waals surface area (Å²) in [6.07, 6.45) is 16.5. The lowest BCUT2D eigenvalue weighted by Crippen LogP contribution is -2.56. The molecular formula is C44H54N6O8S2. The van der Waals surface area contributed by atoms with Crippen LogP contribution in [-0.2, 0) is 23.9 Å². The van der Waals surface area contributed by atoms with Crippen LogP contribution < -0.4 is 20.7 Å². The molecule has 3 aliphatic carbocycles. The largest absolute Gasteiger partial charge is 0.488 e. The molecule has 1 saturated heterocycles. The molecule has 0 spiro atoms. The number of hydrogen-bond donors (Lipinski definition) is 4. The number of amides is 4. The first-order chi connectivity index (χ1) is 29.1. The van der Waals surface area contributed by atoms with Gasteiger partial charge in [0.25, 0.3) is 0 Å². The number of nitrogens with one attached hydrogen (secondary N) is 3. The van der Waals surface area contributed by atoms with E-state index in [0.29, 0.717) is 53.0 Å². The molecule has 2 aromatic heterocycles. The average Bonchev–Trinajstić information content (AvgIpc) is 3.87. The Balaban J connectivity index is 1.08. The van der Waals surface area contributed by atoms with Crippen LogP contribution in [0.2, 0.25) is 0 Å². The van der Waals surface area contributed by atoms with E-state index in [2.05, 4.69) is 16.0 Å². The van der Waals surface area contributed by atoms with Gasteiger partial charge in [-0.05, 0) is 88.5 Å². The Kier molecular flexibility index (Phi) is 13.0. The molecule has 8 rings (SSSR count). The van der Waals surface area contributed by atoms with Gasteiger partial charge in [0.15, 0.2) is 5.13 Å². The normalized spacial score (nSPS) is 27.0. The third-order valence-electron chi connectivity index (χ3n) is 12.7. The number of carboxylic acids is 1. The first kappa shape index (κ1) is 42.0. The molecule has 4 amide bonds. The van der Waals surface area contributed by atoms with E-state index in [4.69, 9.17) is 19.4 Å². The van der Waals surface area contributed by atoms with Crippen molar-refractivity contribution in [1.29, 1.82) is 0 Å². The number of pyridine rings is 1. The van der Waals surface area contributed by atoms with Gasteiger partial charge in [-0.15, -0.1) is 23.1 Å². The zero-order valence-electron chi connectivity index (χ0n) is 34.0. The third-order valence-corrected chi connectivity index (χ3v) is 14.3. The van der Waals surface area contributed by atoms with Crippen molar-refractivity contribution in [3.8, 4) is 17.1 Å². The number of para-hydroxylation sites is 1. The summed E-state index contributed by atoms with van der Waals surface area (Å²) in [5.74, 6) is -1.65. The summed E-state index contributed by atoms with van der Waals surface area (Å²) in [5.41, 5.74) is 0.337. The van der Waals surface area contributed by atoms with E-state index in [0.717, 1.165) is 80.9 Å². The number of thioether (sulfide) groups is 1. The number of thiazole rings is 1. The van der Waals surface area contributed by atoms with Crippen molar-refractivity contribution in [3.05, 3.63) is 41.8 Å². The Morgan fingerprint density at radius 3 is 2.57 bits per heavy atom. The number of carbonyl (C=O) groups excluding carboxylic acids is 4. The quantitative estimate of drug-likeness (QED) is 0.117. The van der Waals surface area contributed by atoms with E-state index in [1.807, 2.05) is 42.0 Å². The number of carboxylic acid groups (broad SMARTS) is 1. The highest BCUT2D eigenvalue weighted by Crippen LogP contribution is 2.46. The molecule has 320 valence electrons. The average molecular weight is 859 g/mol. The van der Waals surface area contributed by atoms with Crippen LogP contribution in [0, 0.1) is 11.8 Å². The molecule has 60 heavy (non-hydrogen) atoms. The molecule has 3 saturated carbocycles. The molecule has 4 N–H and O–H groups in total. The van der Waals surface area contributed by atoms with Crippen LogP contribution in [-0.4, -0.2) is 92.4 Å². The first-order valence-electron chi connectivity index (χ1n) is 21.5. The van der Waals surface area contributed by atoms with E-state index < -0.39 is 47.6 Å². The number of benzene rings is 1. The fraction of sp³-hybridized carbons (Fsp3) is 0.568. The molecule has 14 nitrogen and oxygen atoms in total. The van der Waals surface area contributed by atoms with Gasteiger partial charge in [-0.2, -0.15) is 0 Å². The molecule has 4 fully saturated rings. The molecule has 4 heterocycles. The van der Waals surface area contributed by atoms with Gasteiger partial charge < -0.3 is 35.4 Å². The van der Waals surface area contributed by atoms with Crippen LogP contribution >= 0.6 is 23.1 Å². The van der Waals surface area contributed by atoms with Crippen molar-refractivity contribution >= 4 is 68.9 Å². The molecule has 16 heteroatoms. The number of allylic oxidation sites excluding steroid dienone is 1. The van der Waals surface area contributed by atoms with E-state index >= 15 is 0 Å². The number of fused-ring (bicyclic) bond motifs is 3. The Morgan fingerprint density at radius 1 is 1.00 bits per heavy atom. The molecule has 5 aliphatic rings. The van der Waals surface area contributed by atoms with Crippen LogP contribution in [0.3, 0.4) is 0 Å². The van der Waals surface area contributed by atoms with Gasteiger partial charge in [0.05, 0.1) is 17.8 Å². The predicted octanol–water partition coefficient (Wildman–Crippen LogP) is 7.46. The van der Waals surface area contributed by atoms with Gasteiger partial charge in [-0.25, -0.2) is 19.6 Å². The molecule has 2 aliphatic heterocycles. The minimum absolute atomic E-state index is 0.0193. The minimum atomic E-state index is -1.46. The van der Waals surface area contributed by atoms with Gasteiger partial charge in [0, 0.05) is 40.5 Å². The van der Waals surface area contributed by atoms with Crippen molar-refractivity contribution in [1.82, 2.24) is 25.5 Å². The lowest BCUT2D eigenvalue weighted by molar-refractivity contribution is -0.145. The second-order valence-electron chi connectivity index (χ2n) is 16.9. The van der Waals surface area contributed by atoms with Crippen molar-refractivity contribution in [2.75, 3.05) is 18.1 Å². The van der Waals surface area contributed by atoms with Crippen molar-refractivity contribution in [3.63, 3.8) is 0 Å². The number of anilines is 1. The second-order valence-corrected chi connectivity index (χ2v) is 18.6. The zero-order chi connectivity index (χ0) is 41.8. The van der Waals surface area contributed by atoms with Crippen LogP contribution in [0.1, 0.15) is 103 Å². The monoisotopic (exact) mass is 858 g/mol. The summed E-state index contributed by atoms with van der Waals surface area (Å²) in [7, 11) is 0. The number of carbonyl (C=O) groups is 5. The molecule has 0 bridgehead atoms. The Labute approximate surface area is 358 Å². The lowest BCUT2D eigenvalue weighted by atomic mass is 10.0. The number of aliphatic carboxylic acids is 1. The van der Waals surface area contributed by atoms with Gasteiger partial charge in [0.2, 0.25) is 17.7 Å². The van der Waals surface area contributed by atoms with Gasteiger partial charge in [-0.3, -0.25) is 14.4 Å². The fourth-order valence-corrected chi connectivity index (χ4v) is 10.6. The Morgan fingerprint density at radius 2 is 1.78 bits per heavy atom. The lowest BCUT2D eigenvalue weighted by Gasteiger charge is -2.29. The number of nitrogens with zero attached hydrogens (tertiary/aromatic N) is 3. The van der Waals surface area contributed by atoms with E-state index in [1.165, 1.54) is 28.0 Å². The summed E-state index contributed by atoms with van der Waals surface area (Å²) in [5, 5.41) is 22.0. The molecule has 0 unspecified atom stereocenters. The molecule has 3 aromatic rings. The highest BCUT2D eigenvalue weighted by Gasteiger charge is 2.61. The van der Waals surface area contributed by atoms with E-state index in [9.17, 15) is 29.1 Å². The number of aromatic nitrogens is 2. The number of hydrogen-bond acceptors (Lipinski definition) is 11. The van der Waals surface area contributed by atoms with Crippen molar-refractivity contribution < 1.29 is 38.6 Å². The highest BCUT2D eigenvalue weighted by molar-refractivity contribution is 7.98. The molecular weight excluding hydrogens is 805 g/mol. The van der Waals surface area contributed by atoms with Gasteiger partial charge in [-0.1, -0.05) is 43.9 Å². The Bertz CT molecular complexity index is 2130. The maximum Gasteiger partial charge on any atom is 0.408 e. The topological polar surface area (TPSA) is 189 Å². The van der Waals surface area contributed by atoms with Gasteiger partial charge >= 0.3 is 12.1 Å². The minimum Gasteiger partial charge on any atom is -0.488 e. The zero-order valence-corrected chi connectivity index (χ0v) is 35.6. The van der Waals surface area contributed by atoms with Crippen molar-refractivity contribution in [2.45, 2.75) is 137 Å². The maximum atomic E-state index is 14.6. The first-order valence-corrected chi connectivity index (χ1v) is 23.6. The van der Waals surface area contributed by atoms with Crippen LogP contribution in [0.5, 0.6) is 5.75 Å². The van der Waals surface area contributed by atoms with Crippen LogP contribution in [0.4, 0.5) is 9.93 Å². The highest BCUT2D eigenvalue weighted by atomic mass is 32.2. The summed E-state index contributed by atoms with van der Waals surface area (Å²) >= 11 is 2.87. The van der Waals surface area contributed by atoms with E-state index in [-0.39, 0.29) is 37.3 Å². The van der Waals surface area contributed by atoms with Gasteiger partial charge in [0.1, 0.15) is 41.3 Å². The summed E-state index contributed by atoms with van der Waals surface area (Å²) < 4.78 is 12.5. The Hall–Kier alpha value is -4.70.